The molecule has 1 atom stereocenters. The Hall–Kier alpha value is -3.41. The minimum Gasteiger partial charge on any atom is -0.451 e. The fourth-order valence-electron chi connectivity index (χ4n) is 3.34. The second-order valence-corrected chi connectivity index (χ2v) is 7.26. The number of likely N-dealkylation sites (N-methyl/N-ethyl adjacent to an activating group) is 1. The summed E-state index contributed by atoms with van der Waals surface area (Å²) in [6.45, 7) is -0.735. The Balaban J connectivity index is 1.90. The number of fused-ring (bicyclic) bond motifs is 1. The molecule has 3 aromatic rings. The number of anilines is 2. The van der Waals surface area contributed by atoms with E-state index in [0.717, 1.165) is 34.9 Å². The highest BCUT2D eigenvalue weighted by molar-refractivity contribution is 5.95. The smallest absolute Gasteiger partial charge is 0.434 e. The van der Waals surface area contributed by atoms with E-state index in [1.165, 1.54) is 31.3 Å². The number of hydrogen-bond acceptors (Lipinski definition) is 6. The number of alkyl halides is 3. The number of carbonyl (C=O) groups excluding carboxylic acids is 1. The van der Waals surface area contributed by atoms with Crippen molar-refractivity contribution >= 4 is 28.4 Å². The van der Waals surface area contributed by atoms with Gasteiger partial charge in [-0.25, -0.2) is 13.6 Å². The highest BCUT2D eigenvalue weighted by Gasteiger charge is 2.54. The highest BCUT2D eigenvalue weighted by atomic mass is 19.4. The van der Waals surface area contributed by atoms with Gasteiger partial charge in [0.15, 0.2) is 5.60 Å². The van der Waals surface area contributed by atoms with Crippen LogP contribution in [0.25, 0.3) is 10.9 Å². The molecule has 7 nitrogen and oxygen atoms in total. The molecule has 0 amide bonds. The Kier molecular flexibility index (Phi) is 6.77. The normalized spacial score (nSPS) is 13.6. The highest BCUT2D eigenvalue weighted by Crippen LogP contribution is 2.34. The van der Waals surface area contributed by atoms with Crippen molar-refractivity contribution in [2.75, 3.05) is 37.0 Å². The summed E-state index contributed by atoms with van der Waals surface area (Å²) in [5.41, 5.74) is -3.28. The van der Waals surface area contributed by atoms with Crippen molar-refractivity contribution in [1.29, 1.82) is 0 Å². The molecule has 0 fully saturated rings. The van der Waals surface area contributed by atoms with Crippen molar-refractivity contribution in [2.24, 2.45) is 0 Å². The van der Waals surface area contributed by atoms with Gasteiger partial charge in [-0.15, -0.1) is 0 Å². The predicted molar refractivity (Wildman–Crippen MR) is 111 cm³/mol. The SMILES string of the molecule is CCN(CC(O)(CNc1cccc2c1cnn2C(=O)OC)C(F)(F)F)c1cc(F)ccc1F. The number of aliphatic hydroxyl groups is 1. The van der Waals surface area contributed by atoms with Crippen molar-refractivity contribution in [3.05, 3.63) is 54.2 Å². The quantitative estimate of drug-likeness (QED) is 0.503. The first-order chi connectivity index (χ1) is 15.5. The summed E-state index contributed by atoms with van der Waals surface area (Å²) in [6.07, 6.45) is -4.63. The van der Waals surface area contributed by atoms with Gasteiger partial charge in [-0.3, -0.25) is 0 Å². The first kappa shape index (κ1) is 24.2. The van der Waals surface area contributed by atoms with Crippen LogP contribution in [0.15, 0.2) is 42.6 Å². The molecule has 0 aliphatic carbocycles. The largest absolute Gasteiger partial charge is 0.451 e. The molecular formula is C21H21F5N4O3. The van der Waals surface area contributed by atoms with E-state index in [1.807, 2.05) is 0 Å². The van der Waals surface area contributed by atoms with E-state index in [1.54, 1.807) is 0 Å². The third kappa shape index (κ3) is 4.85. The maximum atomic E-state index is 14.2. The fourth-order valence-corrected chi connectivity index (χ4v) is 3.34. The molecule has 3 rings (SSSR count). The number of rotatable bonds is 7. The first-order valence-electron chi connectivity index (χ1n) is 9.78. The molecule has 0 saturated heterocycles. The molecule has 0 radical (unpaired) electrons. The topological polar surface area (TPSA) is 79.6 Å². The lowest BCUT2D eigenvalue weighted by atomic mass is 10.0. The lowest BCUT2D eigenvalue weighted by Gasteiger charge is -2.36. The van der Waals surface area contributed by atoms with E-state index in [4.69, 9.17) is 0 Å². The van der Waals surface area contributed by atoms with Crippen molar-refractivity contribution < 1.29 is 36.6 Å². The second-order valence-electron chi connectivity index (χ2n) is 7.26. The van der Waals surface area contributed by atoms with Gasteiger partial charge in [0.1, 0.15) is 11.6 Å². The zero-order valence-electron chi connectivity index (χ0n) is 17.7. The van der Waals surface area contributed by atoms with E-state index >= 15 is 0 Å². The summed E-state index contributed by atoms with van der Waals surface area (Å²) in [4.78, 5) is 12.7. The summed E-state index contributed by atoms with van der Waals surface area (Å²) in [6, 6.07) is 6.87. The van der Waals surface area contributed by atoms with Crippen LogP contribution in [0.3, 0.4) is 0 Å². The number of methoxy groups -OCH3 is 1. The van der Waals surface area contributed by atoms with Crippen LogP contribution in [0.5, 0.6) is 0 Å². The van der Waals surface area contributed by atoms with Crippen molar-refractivity contribution in [1.82, 2.24) is 9.78 Å². The number of nitrogens with one attached hydrogen (secondary N) is 1. The number of benzene rings is 2. The zero-order valence-corrected chi connectivity index (χ0v) is 17.7. The Morgan fingerprint density at radius 3 is 2.61 bits per heavy atom. The van der Waals surface area contributed by atoms with Crippen LogP contribution in [-0.2, 0) is 4.74 Å². The molecule has 1 unspecified atom stereocenters. The van der Waals surface area contributed by atoms with Crippen molar-refractivity contribution in [3.8, 4) is 0 Å². The monoisotopic (exact) mass is 472 g/mol. The third-order valence-corrected chi connectivity index (χ3v) is 5.14. The fraction of sp³-hybridized carbons (Fsp3) is 0.333. The van der Waals surface area contributed by atoms with Crippen molar-refractivity contribution in [2.45, 2.75) is 18.7 Å². The average Bonchev–Trinajstić information content (AvgIpc) is 3.21. The summed E-state index contributed by atoms with van der Waals surface area (Å²) in [5.74, 6) is -1.75. The Morgan fingerprint density at radius 2 is 1.97 bits per heavy atom. The molecule has 12 heteroatoms. The van der Waals surface area contributed by atoms with Crippen LogP contribution >= 0.6 is 0 Å². The van der Waals surface area contributed by atoms with Crippen LogP contribution in [0.1, 0.15) is 6.92 Å². The molecule has 0 saturated carbocycles. The summed E-state index contributed by atoms with van der Waals surface area (Å²) < 4.78 is 75.0. The maximum absolute atomic E-state index is 14.2. The molecule has 33 heavy (non-hydrogen) atoms. The Bertz CT molecular complexity index is 1150. The van der Waals surface area contributed by atoms with Gasteiger partial charge in [0.05, 0.1) is 37.6 Å². The molecule has 1 aromatic heterocycles. The minimum absolute atomic E-state index is 0.125. The van der Waals surface area contributed by atoms with Gasteiger partial charge in [0, 0.05) is 23.7 Å². The number of nitrogens with zero attached hydrogens (tertiary/aromatic N) is 3. The lowest BCUT2D eigenvalue weighted by Crippen LogP contribution is -2.58. The molecule has 2 N–H and O–H groups in total. The molecule has 1 heterocycles. The van der Waals surface area contributed by atoms with E-state index in [2.05, 4.69) is 15.2 Å². The summed E-state index contributed by atoms with van der Waals surface area (Å²) >= 11 is 0. The van der Waals surface area contributed by atoms with Gasteiger partial charge >= 0.3 is 12.3 Å². The van der Waals surface area contributed by atoms with Crippen molar-refractivity contribution in [3.63, 3.8) is 0 Å². The molecule has 0 aliphatic rings. The number of aromatic nitrogens is 2. The zero-order chi connectivity index (χ0) is 24.4. The number of hydrogen-bond donors (Lipinski definition) is 2. The van der Waals surface area contributed by atoms with E-state index in [0.29, 0.717) is 5.39 Å². The molecule has 0 aliphatic heterocycles. The Morgan fingerprint density at radius 1 is 1.24 bits per heavy atom. The van der Waals surface area contributed by atoms with E-state index < -0.39 is 48.3 Å². The molecule has 178 valence electrons. The average molecular weight is 472 g/mol. The van der Waals surface area contributed by atoms with Gasteiger partial charge in [-0.1, -0.05) is 6.07 Å². The van der Waals surface area contributed by atoms with Gasteiger partial charge in [0.25, 0.3) is 0 Å². The standard InChI is InChI=1S/C21H21F5N4O3/c1-3-29(18-9-13(22)7-8-15(18)23)12-20(32,21(24,25)26)11-27-16-5-4-6-17-14(16)10-28-30(17)19(31)33-2/h4-10,27,32H,3,11-12H2,1-2H3. The van der Waals surface area contributed by atoms with Gasteiger partial charge in [-0.2, -0.15) is 23.0 Å². The number of carbonyl (C=O) groups is 1. The van der Waals surface area contributed by atoms with Crippen LogP contribution in [0, 0.1) is 11.6 Å². The predicted octanol–water partition coefficient (Wildman–Crippen LogP) is 4.16. The maximum Gasteiger partial charge on any atom is 0.434 e. The van der Waals surface area contributed by atoms with Crippen LogP contribution in [-0.4, -0.2) is 59.5 Å². The number of ether oxygens (including phenoxy) is 1. The molecular weight excluding hydrogens is 451 g/mol. The van der Waals surface area contributed by atoms with E-state index in [9.17, 15) is 31.9 Å². The summed E-state index contributed by atoms with van der Waals surface area (Å²) in [7, 11) is 1.16. The lowest BCUT2D eigenvalue weighted by molar-refractivity contribution is -0.250. The van der Waals surface area contributed by atoms with Crippen LogP contribution in [0.4, 0.5) is 38.1 Å². The third-order valence-electron chi connectivity index (χ3n) is 5.14. The second kappa shape index (κ2) is 9.22. The number of halogens is 5. The molecule has 0 spiro atoms. The van der Waals surface area contributed by atoms with Gasteiger partial charge in [-0.05, 0) is 31.2 Å². The molecule has 0 bridgehead atoms. The van der Waals surface area contributed by atoms with Crippen LogP contribution in [0.2, 0.25) is 0 Å². The van der Waals surface area contributed by atoms with E-state index in [-0.39, 0.29) is 17.7 Å². The van der Waals surface area contributed by atoms with Gasteiger partial charge in [0.2, 0.25) is 0 Å². The Labute approximate surface area is 185 Å². The van der Waals surface area contributed by atoms with Gasteiger partial charge < -0.3 is 20.1 Å². The van der Waals surface area contributed by atoms with Crippen LogP contribution < -0.4 is 10.2 Å². The summed E-state index contributed by atoms with van der Waals surface area (Å²) in [5, 5.41) is 17.3. The molecule has 2 aromatic carbocycles. The minimum atomic E-state index is -5.11. The first-order valence-corrected chi connectivity index (χ1v) is 9.78.